The van der Waals surface area contributed by atoms with Crippen molar-refractivity contribution in [1.29, 1.82) is 0 Å². The number of nitrogens with one attached hydrogen (secondary N) is 2. The first kappa shape index (κ1) is 17.7. The predicted octanol–water partition coefficient (Wildman–Crippen LogP) is 3.25. The van der Waals surface area contributed by atoms with Gasteiger partial charge in [-0.3, -0.25) is 0 Å². The molecule has 2 aliphatic rings. The molecule has 3 rings (SSSR count). The fourth-order valence-corrected chi connectivity index (χ4v) is 3.17. The lowest BCUT2D eigenvalue weighted by atomic mass is 9.97. The molecule has 0 bridgehead atoms. The molecule has 2 amide bonds. The molecule has 0 unspecified atom stereocenters. The molecular weight excluding hydrogens is 332 g/mol. The normalized spacial score (nSPS) is 19.6. The van der Waals surface area contributed by atoms with Gasteiger partial charge in [0.05, 0.1) is 0 Å². The Morgan fingerprint density at radius 1 is 1.28 bits per heavy atom. The Kier molecular flexibility index (Phi) is 5.27. The van der Waals surface area contributed by atoms with Crippen LogP contribution in [0.5, 0.6) is 11.5 Å². The molecule has 0 spiro atoms. The van der Waals surface area contributed by atoms with Gasteiger partial charge < -0.3 is 25.0 Å². The number of alkyl halides is 2. The Bertz CT molecular complexity index is 619. The second kappa shape index (κ2) is 7.43. The number of nitrogens with zero attached hydrogens (tertiary/aromatic N) is 1. The molecule has 0 saturated carbocycles. The monoisotopic (exact) mass is 355 g/mol. The summed E-state index contributed by atoms with van der Waals surface area (Å²) in [7, 11) is 0. The van der Waals surface area contributed by atoms with Gasteiger partial charge >= 0.3 is 12.3 Å². The van der Waals surface area contributed by atoms with Gasteiger partial charge in [0.1, 0.15) is 0 Å². The summed E-state index contributed by atoms with van der Waals surface area (Å²) in [5.41, 5.74) is 0.371. The molecule has 0 aliphatic carbocycles. The molecule has 1 fully saturated rings. The van der Waals surface area contributed by atoms with Crippen LogP contribution in [0.2, 0.25) is 0 Å². The summed E-state index contributed by atoms with van der Waals surface area (Å²) in [4.78, 5) is 14.4. The molecule has 0 radical (unpaired) electrons. The minimum absolute atomic E-state index is 0.0465. The number of urea groups is 1. The molecule has 1 saturated heterocycles. The number of rotatable bonds is 5. The number of anilines is 1. The number of halogens is 2. The van der Waals surface area contributed by atoms with Crippen LogP contribution in [0.1, 0.15) is 26.2 Å². The summed E-state index contributed by atoms with van der Waals surface area (Å²) in [5.74, 6) is 0.329. The van der Waals surface area contributed by atoms with E-state index in [1.54, 1.807) is 0 Å². The van der Waals surface area contributed by atoms with Gasteiger partial charge in [-0.15, -0.1) is 8.78 Å². The number of benzene rings is 1. The van der Waals surface area contributed by atoms with E-state index in [9.17, 15) is 13.6 Å². The van der Waals surface area contributed by atoms with Crippen LogP contribution in [0.25, 0.3) is 0 Å². The van der Waals surface area contributed by atoms with Gasteiger partial charge in [-0.2, -0.15) is 0 Å². The van der Waals surface area contributed by atoms with Gasteiger partial charge in [0.25, 0.3) is 0 Å². The van der Waals surface area contributed by atoms with Crippen molar-refractivity contribution < 1.29 is 23.0 Å². The van der Waals surface area contributed by atoms with E-state index in [2.05, 4.69) is 31.9 Å². The van der Waals surface area contributed by atoms with Gasteiger partial charge in [-0.25, -0.2) is 4.79 Å². The molecule has 25 heavy (non-hydrogen) atoms. The van der Waals surface area contributed by atoms with Crippen LogP contribution in [0.4, 0.5) is 19.3 Å². The molecular formula is C17H23F2N3O3. The minimum Gasteiger partial charge on any atom is -0.395 e. The van der Waals surface area contributed by atoms with Crippen molar-refractivity contribution in [3.05, 3.63) is 18.2 Å². The highest BCUT2D eigenvalue weighted by atomic mass is 19.3. The minimum atomic E-state index is -3.66. The van der Waals surface area contributed by atoms with Crippen LogP contribution in [0.15, 0.2) is 18.2 Å². The van der Waals surface area contributed by atoms with Crippen molar-refractivity contribution in [3.8, 4) is 11.5 Å². The zero-order chi connectivity index (χ0) is 17.9. The van der Waals surface area contributed by atoms with Crippen molar-refractivity contribution >= 4 is 11.7 Å². The number of carbonyl (C=O) groups is 1. The summed E-state index contributed by atoms with van der Waals surface area (Å²) in [6.07, 6.45) is -0.360. The maximum absolute atomic E-state index is 13.0. The van der Waals surface area contributed by atoms with Gasteiger partial charge in [-0.1, -0.05) is 6.92 Å². The first-order chi connectivity index (χ1) is 11.9. The summed E-state index contributed by atoms with van der Waals surface area (Å²) < 4.78 is 34.7. The van der Waals surface area contributed by atoms with E-state index < -0.39 is 6.29 Å². The number of hydrogen-bond acceptors (Lipinski definition) is 4. The van der Waals surface area contributed by atoms with Crippen LogP contribution in [-0.2, 0) is 0 Å². The molecule has 2 N–H and O–H groups in total. The van der Waals surface area contributed by atoms with E-state index in [4.69, 9.17) is 0 Å². The Morgan fingerprint density at radius 3 is 2.72 bits per heavy atom. The highest BCUT2D eigenvalue weighted by Gasteiger charge is 2.43. The van der Waals surface area contributed by atoms with Crippen molar-refractivity contribution in [2.45, 2.75) is 32.5 Å². The van der Waals surface area contributed by atoms with Crippen molar-refractivity contribution in [2.24, 2.45) is 5.92 Å². The lowest BCUT2D eigenvalue weighted by Gasteiger charge is -2.31. The quantitative estimate of drug-likeness (QED) is 0.851. The van der Waals surface area contributed by atoms with Crippen LogP contribution in [0.3, 0.4) is 0 Å². The molecule has 6 nitrogen and oxygen atoms in total. The highest BCUT2D eigenvalue weighted by Crippen LogP contribution is 2.42. The third-order valence-corrected chi connectivity index (χ3v) is 4.46. The topological polar surface area (TPSA) is 62.8 Å². The first-order valence-corrected chi connectivity index (χ1v) is 8.62. The summed E-state index contributed by atoms with van der Waals surface area (Å²) in [6.45, 7) is 6.05. The molecule has 0 aromatic heterocycles. The van der Waals surface area contributed by atoms with E-state index in [0.29, 0.717) is 18.2 Å². The van der Waals surface area contributed by atoms with Gasteiger partial charge in [0.15, 0.2) is 11.5 Å². The second-order valence-corrected chi connectivity index (χ2v) is 6.45. The Balaban J connectivity index is 1.43. The first-order valence-electron chi connectivity index (χ1n) is 8.62. The fourth-order valence-electron chi connectivity index (χ4n) is 3.17. The van der Waals surface area contributed by atoms with Crippen LogP contribution in [0, 0.1) is 5.92 Å². The number of piperidine rings is 1. The zero-order valence-corrected chi connectivity index (χ0v) is 14.2. The van der Waals surface area contributed by atoms with Crippen molar-refractivity contribution in [3.63, 3.8) is 0 Å². The Labute approximate surface area is 145 Å². The number of ether oxygens (including phenoxy) is 2. The third-order valence-electron chi connectivity index (χ3n) is 4.46. The van der Waals surface area contributed by atoms with Crippen molar-refractivity contribution in [1.82, 2.24) is 10.2 Å². The highest BCUT2D eigenvalue weighted by molar-refractivity contribution is 5.89. The van der Waals surface area contributed by atoms with E-state index in [0.717, 1.165) is 38.9 Å². The molecule has 1 aromatic rings. The molecule has 2 heterocycles. The average molecular weight is 355 g/mol. The van der Waals surface area contributed by atoms with Gasteiger partial charge in [0.2, 0.25) is 0 Å². The van der Waals surface area contributed by atoms with E-state index in [-0.39, 0.29) is 17.5 Å². The number of likely N-dealkylation sites (tertiary alicyclic amines) is 1. The lowest BCUT2D eigenvalue weighted by molar-refractivity contribution is -0.286. The molecule has 138 valence electrons. The van der Waals surface area contributed by atoms with Crippen LogP contribution in [-0.4, -0.2) is 43.4 Å². The van der Waals surface area contributed by atoms with Gasteiger partial charge in [0, 0.05) is 18.3 Å². The van der Waals surface area contributed by atoms with Gasteiger partial charge in [-0.05, 0) is 56.9 Å². The van der Waals surface area contributed by atoms with Crippen LogP contribution < -0.4 is 20.1 Å². The standard InChI is InChI=1S/C17H23F2N3O3/c1-2-7-22-8-5-12(6-9-22)11-20-16(23)21-13-3-4-14-15(10-13)25-17(18,19)24-14/h3-4,10,12H,2,5-9,11H2,1H3,(H2,20,21,23). The van der Waals surface area contributed by atoms with E-state index >= 15 is 0 Å². The molecule has 8 heteroatoms. The maximum Gasteiger partial charge on any atom is 0.586 e. The molecule has 0 atom stereocenters. The fraction of sp³-hybridized carbons (Fsp3) is 0.588. The summed E-state index contributed by atoms with van der Waals surface area (Å²) >= 11 is 0. The maximum atomic E-state index is 13.0. The smallest absolute Gasteiger partial charge is 0.395 e. The average Bonchev–Trinajstić information content (AvgIpc) is 2.87. The second-order valence-electron chi connectivity index (χ2n) is 6.45. The number of fused-ring (bicyclic) bond motifs is 1. The number of carbonyl (C=O) groups excluding carboxylic acids is 1. The summed E-state index contributed by atoms with van der Waals surface area (Å²) in [5, 5.41) is 5.47. The predicted molar refractivity (Wildman–Crippen MR) is 89.1 cm³/mol. The van der Waals surface area contributed by atoms with E-state index in [1.807, 2.05) is 0 Å². The van der Waals surface area contributed by atoms with Crippen molar-refractivity contribution in [2.75, 3.05) is 31.5 Å². The zero-order valence-electron chi connectivity index (χ0n) is 14.2. The van der Waals surface area contributed by atoms with Crippen LogP contribution >= 0.6 is 0 Å². The number of amides is 2. The SMILES string of the molecule is CCCN1CCC(CNC(=O)Nc2ccc3c(c2)OC(F)(F)O3)CC1. The Morgan fingerprint density at radius 2 is 2.00 bits per heavy atom. The Hall–Kier alpha value is -2.09. The lowest BCUT2D eigenvalue weighted by Crippen LogP contribution is -2.40. The third kappa shape index (κ3) is 4.72. The van der Waals surface area contributed by atoms with E-state index in [1.165, 1.54) is 18.2 Å². The molecule has 2 aliphatic heterocycles. The summed E-state index contributed by atoms with van der Waals surface area (Å²) in [6, 6.07) is 3.79. The number of hydrogen-bond donors (Lipinski definition) is 2. The molecule has 1 aromatic carbocycles. The largest absolute Gasteiger partial charge is 0.586 e.